The molecule has 1 aliphatic rings. The van der Waals surface area contributed by atoms with Crippen molar-refractivity contribution in [2.75, 3.05) is 26.2 Å². The average molecular weight is 489 g/mol. The van der Waals surface area contributed by atoms with Crippen molar-refractivity contribution in [1.29, 1.82) is 0 Å². The van der Waals surface area contributed by atoms with Gasteiger partial charge in [-0.05, 0) is 47.4 Å². The molecule has 1 atom stereocenters. The summed E-state index contributed by atoms with van der Waals surface area (Å²) in [6.45, 7) is 11.1. The first-order chi connectivity index (χ1) is 15.0. The van der Waals surface area contributed by atoms with Crippen LogP contribution in [0.1, 0.15) is 32.4 Å². The fourth-order valence-electron chi connectivity index (χ4n) is 4.29. The molecular formula is C27H34Cl2N2O2. The van der Waals surface area contributed by atoms with Crippen LogP contribution in [-0.4, -0.2) is 31.1 Å². The van der Waals surface area contributed by atoms with E-state index in [1.54, 1.807) is 0 Å². The number of rotatable bonds is 6. The van der Waals surface area contributed by atoms with Gasteiger partial charge in [0.25, 0.3) is 0 Å². The van der Waals surface area contributed by atoms with Gasteiger partial charge in [-0.15, -0.1) is 24.8 Å². The highest BCUT2D eigenvalue weighted by molar-refractivity contribution is 5.85. The standard InChI is InChI=1S/C27H32N2O2.2ClH/c1-27(2,3)26(29-18-16-28-17-19-29)21-14-15-24(30-22-10-6-4-7-11-22)25(20-21)31-23-12-8-5-9-13-23;;/h4-15,20,26,28H,16-19H2,1-3H3;2*1H/t26-;;/m1../s1. The lowest BCUT2D eigenvalue weighted by molar-refractivity contribution is 0.0860. The largest absolute Gasteiger partial charge is 0.453 e. The van der Waals surface area contributed by atoms with E-state index in [-0.39, 0.29) is 30.2 Å². The molecule has 1 fully saturated rings. The summed E-state index contributed by atoms with van der Waals surface area (Å²) in [7, 11) is 0. The monoisotopic (exact) mass is 488 g/mol. The van der Waals surface area contributed by atoms with E-state index in [2.05, 4.69) is 43.1 Å². The van der Waals surface area contributed by atoms with Gasteiger partial charge in [0.15, 0.2) is 11.5 Å². The molecule has 0 aliphatic carbocycles. The van der Waals surface area contributed by atoms with E-state index in [1.165, 1.54) is 5.56 Å². The van der Waals surface area contributed by atoms with Gasteiger partial charge in [0.05, 0.1) is 0 Å². The van der Waals surface area contributed by atoms with Crippen LogP contribution in [0, 0.1) is 5.41 Å². The zero-order chi connectivity index (χ0) is 21.7. The Morgan fingerprint density at radius 3 is 1.76 bits per heavy atom. The molecule has 1 aliphatic heterocycles. The third kappa shape index (κ3) is 7.12. The van der Waals surface area contributed by atoms with Crippen LogP contribution in [0.15, 0.2) is 78.9 Å². The molecule has 0 aromatic heterocycles. The first-order valence-electron chi connectivity index (χ1n) is 11.1. The minimum atomic E-state index is 0. The summed E-state index contributed by atoms with van der Waals surface area (Å²) in [5.41, 5.74) is 1.34. The molecule has 3 aromatic carbocycles. The maximum Gasteiger partial charge on any atom is 0.170 e. The Morgan fingerprint density at radius 2 is 1.24 bits per heavy atom. The van der Waals surface area contributed by atoms with E-state index >= 15 is 0 Å². The molecule has 1 heterocycles. The fourth-order valence-corrected chi connectivity index (χ4v) is 4.29. The van der Waals surface area contributed by atoms with Gasteiger partial charge in [0.1, 0.15) is 11.5 Å². The van der Waals surface area contributed by atoms with Crippen LogP contribution in [0.4, 0.5) is 0 Å². The third-order valence-corrected chi connectivity index (χ3v) is 5.56. The highest BCUT2D eigenvalue weighted by Gasteiger charge is 2.33. The molecule has 0 unspecified atom stereocenters. The second-order valence-corrected chi connectivity index (χ2v) is 9.09. The van der Waals surface area contributed by atoms with Gasteiger partial charge in [-0.25, -0.2) is 0 Å². The van der Waals surface area contributed by atoms with E-state index in [0.29, 0.717) is 11.8 Å². The molecule has 178 valence electrons. The maximum absolute atomic E-state index is 6.32. The van der Waals surface area contributed by atoms with E-state index in [9.17, 15) is 0 Å². The van der Waals surface area contributed by atoms with Crippen molar-refractivity contribution >= 4 is 24.8 Å². The Balaban J connectivity index is 0.00000193. The second kappa shape index (κ2) is 12.3. The number of halogens is 2. The molecule has 4 rings (SSSR count). The molecule has 1 N–H and O–H groups in total. The number of piperazine rings is 1. The number of hydrogen-bond donors (Lipinski definition) is 1. The van der Waals surface area contributed by atoms with E-state index in [0.717, 1.165) is 43.4 Å². The Bertz CT molecular complexity index is 972. The van der Waals surface area contributed by atoms with Crippen LogP contribution in [-0.2, 0) is 0 Å². The molecule has 6 heteroatoms. The second-order valence-electron chi connectivity index (χ2n) is 9.09. The van der Waals surface area contributed by atoms with Gasteiger partial charge in [0, 0.05) is 32.2 Å². The van der Waals surface area contributed by atoms with Gasteiger partial charge in [0.2, 0.25) is 0 Å². The van der Waals surface area contributed by atoms with Crippen molar-refractivity contribution in [3.05, 3.63) is 84.4 Å². The molecule has 0 radical (unpaired) electrons. The molecule has 3 aromatic rings. The summed E-state index contributed by atoms with van der Waals surface area (Å²) in [6.07, 6.45) is 0. The van der Waals surface area contributed by atoms with Crippen molar-refractivity contribution in [1.82, 2.24) is 10.2 Å². The number of nitrogens with zero attached hydrogens (tertiary/aromatic N) is 1. The van der Waals surface area contributed by atoms with E-state index in [1.807, 2.05) is 66.7 Å². The Kier molecular flexibility index (Phi) is 10.1. The Morgan fingerprint density at radius 1 is 0.727 bits per heavy atom. The SMILES string of the molecule is CC(C)(C)[C@@H](c1ccc(Oc2ccccc2)c(Oc2ccccc2)c1)N1CCNCC1.Cl.Cl. The number of nitrogens with one attached hydrogen (secondary N) is 1. The average Bonchev–Trinajstić information content (AvgIpc) is 2.77. The van der Waals surface area contributed by atoms with Gasteiger partial charge in [-0.1, -0.05) is 63.2 Å². The number of para-hydroxylation sites is 2. The highest BCUT2D eigenvalue weighted by Crippen LogP contribution is 2.43. The zero-order valence-electron chi connectivity index (χ0n) is 19.5. The van der Waals surface area contributed by atoms with Gasteiger partial charge >= 0.3 is 0 Å². The summed E-state index contributed by atoms with van der Waals surface area (Å²) in [5, 5.41) is 3.47. The molecule has 0 saturated carbocycles. The lowest BCUT2D eigenvalue weighted by Crippen LogP contribution is -2.48. The molecule has 0 bridgehead atoms. The van der Waals surface area contributed by atoms with Crippen molar-refractivity contribution in [3.63, 3.8) is 0 Å². The maximum atomic E-state index is 6.32. The van der Waals surface area contributed by atoms with Crippen LogP contribution < -0.4 is 14.8 Å². The topological polar surface area (TPSA) is 33.7 Å². The lowest BCUT2D eigenvalue weighted by atomic mass is 9.81. The summed E-state index contributed by atoms with van der Waals surface area (Å²) >= 11 is 0. The van der Waals surface area contributed by atoms with Crippen LogP contribution in [0.2, 0.25) is 0 Å². The minimum absolute atomic E-state index is 0. The quantitative estimate of drug-likeness (QED) is 0.400. The number of benzene rings is 3. The van der Waals surface area contributed by atoms with Gasteiger partial charge in [-0.2, -0.15) is 0 Å². The molecule has 0 amide bonds. The molecule has 4 nitrogen and oxygen atoms in total. The first-order valence-corrected chi connectivity index (χ1v) is 11.1. The molecular weight excluding hydrogens is 455 g/mol. The van der Waals surface area contributed by atoms with Crippen LogP contribution in [0.5, 0.6) is 23.0 Å². The smallest absolute Gasteiger partial charge is 0.170 e. The summed E-state index contributed by atoms with van der Waals surface area (Å²) in [6, 6.07) is 26.4. The van der Waals surface area contributed by atoms with Crippen LogP contribution in [0.3, 0.4) is 0 Å². The van der Waals surface area contributed by atoms with Crippen molar-refractivity contribution in [2.45, 2.75) is 26.8 Å². The van der Waals surface area contributed by atoms with Crippen molar-refractivity contribution in [3.8, 4) is 23.0 Å². The van der Waals surface area contributed by atoms with Crippen molar-refractivity contribution < 1.29 is 9.47 Å². The van der Waals surface area contributed by atoms with E-state index < -0.39 is 0 Å². The van der Waals surface area contributed by atoms with Gasteiger partial charge in [-0.3, -0.25) is 4.90 Å². The normalized spacial score (nSPS) is 15.0. The number of ether oxygens (including phenoxy) is 2. The van der Waals surface area contributed by atoms with Gasteiger partial charge < -0.3 is 14.8 Å². The predicted octanol–water partition coefficient (Wildman–Crippen LogP) is 7.11. The first kappa shape index (κ1) is 27.0. The molecule has 1 saturated heterocycles. The zero-order valence-corrected chi connectivity index (χ0v) is 21.1. The highest BCUT2D eigenvalue weighted by atomic mass is 35.5. The lowest BCUT2D eigenvalue weighted by Gasteiger charge is -2.42. The summed E-state index contributed by atoms with van der Waals surface area (Å²) in [4.78, 5) is 2.58. The van der Waals surface area contributed by atoms with Crippen LogP contribution >= 0.6 is 24.8 Å². The summed E-state index contributed by atoms with van der Waals surface area (Å²) in [5.74, 6) is 3.04. The molecule has 0 spiro atoms. The van der Waals surface area contributed by atoms with Crippen molar-refractivity contribution in [2.24, 2.45) is 5.41 Å². The molecule has 33 heavy (non-hydrogen) atoms. The Hall–Kier alpha value is -2.24. The number of hydrogen-bond acceptors (Lipinski definition) is 4. The van der Waals surface area contributed by atoms with Crippen LogP contribution in [0.25, 0.3) is 0 Å². The minimum Gasteiger partial charge on any atom is -0.453 e. The fraction of sp³-hybridized carbons (Fsp3) is 0.333. The summed E-state index contributed by atoms with van der Waals surface area (Å²) < 4.78 is 12.5. The third-order valence-electron chi connectivity index (χ3n) is 5.56. The Labute approximate surface area is 210 Å². The predicted molar refractivity (Wildman–Crippen MR) is 141 cm³/mol. The van der Waals surface area contributed by atoms with E-state index in [4.69, 9.17) is 9.47 Å².